The quantitative estimate of drug-likeness (QED) is 0.590. The van der Waals surface area contributed by atoms with E-state index < -0.39 is 42.3 Å². The first-order valence-electron chi connectivity index (χ1n) is 3.73. The Morgan fingerprint density at radius 3 is 1.67 bits per heavy atom. The Morgan fingerprint density at radius 2 is 1.47 bits per heavy atom. The maximum absolute atomic E-state index is 12.0. The van der Waals surface area contributed by atoms with E-state index in [4.69, 9.17) is 10.2 Å². The maximum Gasteiger partial charge on any atom is 0.391 e. The minimum atomic E-state index is -4.51. The van der Waals surface area contributed by atoms with E-state index in [0.29, 0.717) is 0 Å². The molecule has 0 heterocycles. The zero-order chi connectivity index (χ0) is 11.1. The topological polar surface area (TPSA) is 74.6 Å². The molecule has 0 aromatic carbocycles. The van der Waals surface area contributed by atoms with Gasteiger partial charge in [0.05, 0.1) is 5.92 Å². The molecule has 8 heteroatoms. The Balaban J connectivity index is 0.00000196. The summed E-state index contributed by atoms with van der Waals surface area (Å²) in [6.07, 6.45) is -6.25. The summed E-state index contributed by atoms with van der Waals surface area (Å²) < 4.78 is 36.0. The van der Waals surface area contributed by atoms with Crippen molar-refractivity contribution in [2.24, 2.45) is 11.3 Å². The van der Waals surface area contributed by atoms with Gasteiger partial charge in [-0.15, -0.1) is 0 Å². The summed E-state index contributed by atoms with van der Waals surface area (Å²) in [5.74, 6) is -5.22. The maximum atomic E-state index is 12.0. The van der Waals surface area contributed by atoms with Gasteiger partial charge >= 0.3 is 18.1 Å². The third kappa shape index (κ3) is 2.35. The second-order valence-electron chi connectivity index (χ2n) is 3.34. The Morgan fingerprint density at radius 1 is 1.13 bits per heavy atom. The van der Waals surface area contributed by atoms with Crippen LogP contribution in [0.1, 0.15) is 12.8 Å². The summed E-state index contributed by atoms with van der Waals surface area (Å²) in [6, 6.07) is 0. The van der Waals surface area contributed by atoms with Gasteiger partial charge in [-0.3, -0.25) is 9.59 Å². The van der Waals surface area contributed by atoms with E-state index in [-0.39, 0.29) is 22.4 Å². The van der Waals surface area contributed by atoms with Crippen LogP contribution in [-0.2, 0) is 32.0 Å². The molecule has 2 N–H and O–H groups in total. The van der Waals surface area contributed by atoms with Gasteiger partial charge in [-0.1, -0.05) is 0 Å². The molecular weight excluding hydrogens is 313 g/mol. The predicted molar refractivity (Wildman–Crippen MR) is 36.5 cm³/mol. The van der Waals surface area contributed by atoms with Gasteiger partial charge in [0.15, 0.2) is 5.41 Å². The summed E-state index contributed by atoms with van der Waals surface area (Å²) in [4.78, 5) is 20.9. The van der Waals surface area contributed by atoms with Gasteiger partial charge in [0.1, 0.15) is 0 Å². The Kier molecular flexibility index (Phi) is 4.00. The summed E-state index contributed by atoms with van der Waals surface area (Å²) >= 11 is 0. The molecule has 0 amide bonds. The van der Waals surface area contributed by atoms with Crippen molar-refractivity contribution in [3.63, 3.8) is 0 Å². The molecule has 0 aromatic heterocycles. The molecular formula is C7H7AgF3O4. The largest absolute Gasteiger partial charge is 0.480 e. The van der Waals surface area contributed by atoms with Gasteiger partial charge in [0.2, 0.25) is 0 Å². The second-order valence-corrected chi connectivity index (χ2v) is 3.34. The molecule has 1 saturated carbocycles. The molecule has 0 unspecified atom stereocenters. The first-order chi connectivity index (χ1) is 6.20. The molecule has 1 radical (unpaired) electrons. The fourth-order valence-electron chi connectivity index (χ4n) is 1.45. The Labute approximate surface area is 98.0 Å². The van der Waals surface area contributed by atoms with E-state index in [2.05, 4.69) is 0 Å². The minimum absolute atomic E-state index is 0. The van der Waals surface area contributed by atoms with Crippen molar-refractivity contribution in [1.29, 1.82) is 0 Å². The number of hydrogen-bond acceptors (Lipinski definition) is 2. The number of aliphatic carboxylic acids is 2. The molecule has 1 aliphatic rings. The minimum Gasteiger partial charge on any atom is -0.480 e. The molecule has 91 valence electrons. The molecule has 0 aliphatic heterocycles. The summed E-state index contributed by atoms with van der Waals surface area (Å²) in [5.41, 5.74) is -2.24. The monoisotopic (exact) mass is 319 g/mol. The smallest absolute Gasteiger partial charge is 0.391 e. The van der Waals surface area contributed by atoms with Crippen LogP contribution in [-0.4, -0.2) is 28.3 Å². The normalized spacial score (nSPS) is 19.9. The van der Waals surface area contributed by atoms with Crippen molar-refractivity contribution in [2.75, 3.05) is 0 Å². The number of carbonyl (C=O) groups is 2. The van der Waals surface area contributed by atoms with Crippen LogP contribution < -0.4 is 0 Å². The van der Waals surface area contributed by atoms with E-state index in [9.17, 15) is 22.8 Å². The number of carboxylic acid groups (broad SMARTS) is 2. The SMILES string of the molecule is O=C(O)C1(C(=O)O)CC(C(F)(F)F)C1.[Ag]. The fraction of sp³-hybridized carbons (Fsp3) is 0.714. The van der Waals surface area contributed by atoms with E-state index in [1.165, 1.54) is 0 Å². The average Bonchev–Trinajstić information content (AvgIpc) is 1.77. The molecule has 0 spiro atoms. The van der Waals surface area contributed by atoms with Crippen molar-refractivity contribution in [3.8, 4) is 0 Å². The van der Waals surface area contributed by atoms with Crippen LogP contribution >= 0.6 is 0 Å². The number of carboxylic acids is 2. The predicted octanol–water partition coefficient (Wildman–Crippen LogP) is 1.11. The summed E-state index contributed by atoms with van der Waals surface area (Å²) in [6.45, 7) is 0. The number of alkyl halides is 3. The van der Waals surface area contributed by atoms with Crippen LogP contribution in [0.4, 0.5) is 13.2 Å². The van der Waals surface area contributed by atoms with Gasteiger partial charge in [-0.05, 0) is 12.8 Å². The van der Waals surface area contributed by atoms with E-state index >= 15 is 0 Å². The summed E-state index contributed by atoms with van der Waals surface area (Å²) in [7, 11) is 0. The van der Waals surface area contributed by atoms with E-state index in [1.807, 2.05) is 0 Å². The number of halogens is 3. The standard InChI is InChI=1S/C7H7F3O4.Ag/c8-7(9,10)3-1-6(2-3,4(11)12)5(13)14;/h3H,1-2H2,(H,11,12)(H,13,14);. The molecule has 0 aromatic rings. The van der Waals surface area contributed by atoms with Crippen LogP contribution in [0.15, 0.2) is 0 Å². The van der Waals surface area contributed by atoms with Crippen molar-refractivity contribution < 1.29 is 55.4 Å². The zero-order valence-corrected chi connectivity index (χ0v) is 8.62. The Hall–Kier alpha value is -0.530. The van der Waals surface area contributed by atoms with Crippen LogP contribution in [0.2, 0.25) is 0 Å². The van der Waals surface area contributed by atoms with Crippen LogP contribution in [0.5, 0.6) is 0 Å². The molecule has 1 fully saturated rings. The number of rotatable bonds is 2. The second kappa shape index (κ2) is 4.15. The van der Waals surface area contributed by atoms with E-state index in [0.717, 1.165) is 0 Å². The van der Waals surface area contributed by atoms with E-state index in [1.54, 1.807) is 0 Å². The zero-order valence-electron chi connectivity index (χ0n) is 7.14. The van der Waals surface area contributed by atoms with Crippen molar-refractivity contribution in [2.45, 2.75) is 19.0 Å². The Bertz CT molecular complexity index is 266. The third-order valence-electron chi connectivity index (χ3n) is 2.47. The molecule has 4 nitrogen and oxygen atoms in total. The summed E-state index contributed by atoms with van der Waals surface area (Å²) in [5, 5.41) is 17.0. The first kappa shape index (κ1) is 14.5. The van der Waals surface area contributed by atoms with Gasteiger partial charge in [0.25, 0.3) is 0 Å². The van der Waals surface area contributed by atoms with Crippen LogP contribution in [0.25, 0.3) is 0 Å². The number of hydrogen-bond donors (Lipinski definition) is 2. The van der Waals surface area contributed by atoms with Crippen molar-refractivity contribution >= 4 is 11.9 Å². The molecule has 0 atom stereocenters. The van der Waals surface area contributed by atoms with Crippen molar-refractivity contribution in [3.05, 3.63) is 0 Å². The van der Waals surface area contributed by atoms with Gasteiger partial charge in [0, 0.05) is 22.4 Å². The first-order valence-corrected chi connectivity index (χ1v) is 3.73. The van der Waals surface area contributed by atoms with Crippen molar-refractivity contribution in [1.82, 2.24) is 0 Å². The molecule has 0 saturated heterocycles. The average molecular weight is 320 g/mol. The molecule has 1 rings (SSSR count). The molecule has 0 bridgehead atoms. The molecule has 1 aliphatic carbocycles. The van der Waals surface area contributed by atoms with Crippen LogP contribution in [0, 0.1) is 11.3 Å². The van der Waals surface area contributed by atoms with Gasteiger partial charge in [-0.25, -0.2) is 0 Å². The third-order valence-corrected chi connectivity index (χ3v) is 2.47. The molecule has 15 heavy (non-hydrogen) atoms. The van der Waals surface area contributed by atoms with Gasteiger partial charge in [-0.2, -0.15) is 13.2 Å². The van der Waals surface area contributed by atoms with Gasteiger partial charge < -0.3 is 10.2 Å². The fourth-order valence-corrected chi connectivity index (χ4v) is 1.45. The van der Waals surface area contributed by atoms with Crippen LogP contribution in [0.3, 0.4) is 0 Å².